The lowest BCUT2D eigenvalue weighted by Crippen LogP contribution is -2.44. The maximum absolute atomic E-state index is 11.5. The van der Waals surface area contributed by atoms with Crippen molar-refractivity contribution in [3.05, 3.63) is 0 Å². The van der Waals surface area contributed by atoms with Crippen LogP contribution < -0.4 is 5.32 Å². The quantitative estimate of drug-likeness (QED) is 0.473. The zero-order valence-corrected chi connectivity index (χ0v) is 11.9. The standard InChI is InChI=1S/C12H24N2O4/c1-13-10(12(17)18-5)6-9(7-11(15)16)8-14(2,3)4/h9-10,13H,6-8H2,1-5H3/p+1. The number of nitrogens with one attached hydrogen (secondary N) is 1. The van der Waals surface area contributed by atoms with Crippen molar-refractivity contribution >= 4 is 11.9 Å². The van der Waals surface area contributed by atoms with Gasteiger partial charge in [-0.05, 0) is 13.5 Å². The number of rotatable bonds is 8. The lowest BCUT2D eigenvalue weighted by molar-refractivity contribution is -0.873. The van der Waals surface area contributed by atoms with E-state index < -0.39 is 12.0 Å². The first kappa shape index (κ1) is 16.9. The molecule has 0 amide bonds. The molecule has 0 saturated heterocycles. The summed E-state index contributed by atoms with van der Waals surface area (Å²) in [6, 6.07) is -0.453. The molecule has 6 heteroatoms. The SMILES string of the molecule is CNC(CC(CC(=O)O)C[N+](C)(C)C)C(=O)OC. The third-order valence-corrected chi connectivity index (χ3v) is 2.67. The molecule has 2 unspecified atom stereocenters. The van der Waals surface area contributed by atoms with Crippen molar-refractivity contribution in [2.45, 2.75) is 18.9 Å². The topological polar surface area (TPSA) is 75.6 Å². The van der Waals surface area contributed by atoms with Crippen LogP contribution >= 0.6 is 0 Å². The number of carboxylic acids is 1. The van der Waals surface area contributed by atoms with Crippen LogP contribution in [0.4, 0.5) is 0 Å². The third-order valence-electron chi connectivity index (χ3n) is 2.67. The van der Waals surface area contributed by atoms with E-state index in [0.29, 0.717) is 17.4 Å². The average Bonchev–Trinajstić information content (AvgIpc) is 2.21. The van der Waals surface area contributed by atoms with E-state index in [1.54, 1.807) is 7.05 Å². The van der Waals surface area contributed by atoms with E-state index in [1.807, 2.05) is 21.1 Å². The Bertz CT molecular complexity index is 286. The fraction of sp³-hybridized carbons (Fsp3) is 0.833. The summed E-state index contributed by atoms with van der Waals surface area (Å²) in [7, 11) is 9.01. The molecule has 2 N–H and O–H groups in total. The van der Waals surface area contributed by atoms with Crippen molar-refractivity contribution in [3.8, 4) is 0 Å². The van der Waals surface area contributed by atoms with E-state index >= 15 is 0 Å². The molecule has 0 spiro atoms. The van der Waals surface area contributed by atoms with E-state index in [2.05, 4.69) is 10.1 Å². The van der Waals surface area contributed by atoms with Gasteiger partial charge in [-0.1, -0.05) is 0 Å². The van der Waals surface area contributed by atoms with Crippen molar-refractivity contribution < 1.29 is 23.9 Å². The van der Waals surface area contributed by atoms with Gasteiger partial charge in [0.15, 0.2) is 0 Å². The Morgan fingerprint density at radius 2 is 1.89 bits per heavy atom. The second-order valence-corrected chi connectivity index (χ2v) is 5.54. The molecule has 0 aromatic carbocycles. The highest BCUT2D eigenvalue weighted by atomic mass is 16.5. The van der Waals surface area contributed by atoms with E-state index in [4.69, 9.17) is 5.11 Å². The molecule has 0 fully saturated rings. The van der Waals surface area contributed by atoms with Gasteiger partial charge in [0.2, 0.25) is 0 Å². The van der Waals surface area contributed by atoms with Crippen LogP contribution in [0.25, 0.3) is 0 Å². The van der Waals surface area contributed by atoms with Gasteiger partial charge in [0, 0.05) is 5.92 Å². The summed E-state index contributed by atoms with van der Waals surface area (Å²) >= 11 is 0. The summed E-state index contributed by atoms with van der Waals surface area (Å²) in [4.78, 5) is 22.4. The van der Waals surface area contributed by atoms with Crippen molar-refractivity contribution in [1.82, 2.24) is 5.32 Å². The van der Waals surface area contributed by atoms with Gasteiger partial charge >= 0.3 is 11.9 Å². The molecular weight excluding hydrogens is 236 g/mol. The van der Waals surface area contributed by atoms with Gasteiger partial charge < -0.3 is 19.6 Å². The number of esters is 1. The van der Waals surface area contributed by atoms with Crippen LogP contribution in [-0.4, -0.2) is 69.4 Å². The lowest BCUT2D eigenvalue weighted by Gasteiger charge is -2.30. The van der Waals surface area contributed by atoms with Crippen LogP contribution in [0.1, 0.15) is 12.8 Å². The number of hydrogen-bond acceptors (Lipinski definition) is 4. The molecule has 0 saturated carbocycles. The lowest BCUT2D eigenvalue weighted by atomic mass is 9.95. The minimum absolute atomic E-state index is 0.0602. The fourth-order valence-corrected chi connectivity index (χ4v) is 2.05. The summed E-state index contributed by atoms with van der Waals surface area (Å²) in [5, 5.41) is 11.8. The number of nitrogens with zero attached hydrogens (tertiary/aromatic N) is 1. The summed E-state index contributed by atoms with van der Waals surface area (Å²) < 4.78 is 5.35. The first-order valence-corrected chi connectivity index (χ1v) is 5.97. The monoisotopic (exact) mass is 261 g/mol. The Hall–Kier alpha value is -1.14. The molecule has 0 aromatic rings. The molecule has 0 aliphatic heterocycles. The van der Waals surface area contributed by atoms with E-state index in [9.17, 15) is 9.59 Å². The van der Waals surface area contributed by atoms with Crippen molar-refractivity contribution in [3.63, 3.8) is 0 Å². The van der Waals surface area contributed by atoms with Crippen molar-refractivity contribution in [2.24, 2.45) is 5.92 Å². The third kappa shape index (κ3) is 7.24. The molecule has 0 aliphatic carbocycles. The molecule has 106 valence electrons. The van der Waals surface area contributed by atoms with E-state index in [0.717, 1.165) is 0 Å². The number of carbonyl (C=O) groups excluding carboxylic acids is 1. The molecule has 18 heavy (non-hydrogen) atoms. The van der Waals surface area contributed by atoms with Crippen LogP contribution in [0.5, 0.6) is 0 Å². The number of likely N-dealkylation sites (N-methyl/N-ethyl adjacent to an activating group) is 1. The minimum atomic E-state index is -0.840. The number of quaternary nitrogens is 1. The van der Waals surface area contributed by atoms with Crippen LogP contribution in [0.15, 0.2) is 0 Å². The number of carboxylic acid groups (broad SMARTS) is 1. The minimum Gasteiger partial charge on any atom is -0.481 e. The second-order valence-electron chi connectivity index (χ2n) is 5.54. The average molecular weight is 261 g/mol. The van der Waals surface area contributed by atoms with Crippen molar-refractivity contribution in [2.75, 3.05) is 41.8 Å². The Labute approximate surface area is 109 Å². The van der Waals surface area contributed by atoms with Gasteiger partial charge in [0.1, 0.15) is 6.04 Å². The predicted octanol–water partition coefficient (Wildman–Crippen LogP) is -0.0654. The molecule has 6 nitrogen and oxygen atoms in total. The molecule has 0 aromatic heterocycles. The van der Waals surface area contributed by atoms with Crippen LogP contribution in [0, 0.1) is 5.92 Å². The summed E-state index contributed by atoms with van der Waals surface area (Å²) in [5.74, 6) is -1.26. The molecule has 0 aliphatic rings. The number of hydrogen-bond donors (Lipinski definition) is 2. The summed E-state index contributed by atoms with van der Waals surface area (Å²) in [6.45, 7) is 0.696. The van der Waals surface area contributed by atoms with E-state index in [1.165, 1.54) is 7.11 Å². The first-order valence-electron chi connectivity index (χ1n) is 5.97. The summed E-state index contributed by atoms with van der Waals surface area (Å²) in [6.07, 6.45) is 0.523. The summed E-state index contributed by atoms with van der Waals surface area (Å²) in [5.41, 5.74) is 0. The predicted molar refractivity (Wildman–Crippen MR) is 68.1 cm³/mol. The Kier molecular flexibility index (Phi) is 6.86. The first-order chi connectivity index (χ1) is 8.19. The van der Waals surface area contributed by atoms with Gasteiger partial charge in [-0.3, -0.25) is 9.59 Å². The highest BCUT2D eigenvalue weighted by Crippen LogP contribution is 2.16. The Morgan fingerprint density at radius 3 is 2.22 bits per heavy atom. The molecule has 2 atom stereocenters. The van der Waals surface area contributed by atoms with Gasteiger partial charge in [-0.25, -0.2) is 0 Å². The largest absolute Gasteiger partial charge is 0.481 e. The Morgan fingerprint density at radius 1 is 1.33 bits per heavy atom. The fourth-order valence-electron chi connectivity index (χ4n) is 2.05. The van der Waals surface area contributed by atoms with Crippen molar-refractivity contribution in [1.29, 1.82) is 0 Å². The molecule has 0 radical (unpaired) electrons. The number of ether oxygens (including phenoxy) is 1. The normalized spacial score (nSPS) is 14.9. The smallest absolute Gasteiger partial charge is 0.322 e. The van der Waals surface area contributed by atoms with Gasteiger partial charge in [-0.15, -0.1) is 0 Å². The highest BCUT2D eigenvalue weighted by molar-refractivity contribution is 5.75. The zero-order valence-electron chi connectivity index (χ0n) is 11.9. The maximum Gasteiger partial charge on any atom is 0.322 e. The zero-order chi connectivity index (χ0) is 14.3. The number of aliphatic carboxylic acids is 1. The molecule has 0 bridgehead atoms. The van der Waals surface area contributed by atoms with Crippen LogP contribution in [0.2, 0.25) is 0 Å². The number of carbonyl (C=O) groups is 2. The molecule has 0 rings (SSSR count). The van der Waals surface area contributed by atoms with Crippen LogP contribution in [0.3, 0.4) is 0 Å². The number of methoxy groups -OCH3 is 1. The van der Waals surface area contributed by atoms with E-state index in [-0.39, 0.29) is 18.3 Å². The molecular formula is C12H25N2O4+. The maximum atomic E-state index is 11.5. The Balaban J connectivity index is 4.65. The van der Waals surface area contributed by atoms with Gasteiger partial charge in [0.25, 0.3) is 0 Å². The van der Waals surface area contributed by atoms with Gasteiger partial charge in [0.05, 0.1) is 41.2 Å². The second kappa shape index (κ2) is 7.33. The van der Waals surface area contributed by atoms with Gasteiger partial charge in [-0.2, -0.15) is 0 Å². The molecule has 0 heterocycles. The van der Waals surface area contributed by atoms with Crippen LogP contribution in [-0.2, 0) is 14.3 Å². The highest BCUT2D eigenvalue weighted by Gasteiger charge is 2.27.